The molecule has 0 atom stereocenters. The van der Waals surface area contributed by atoms with Crippen molar-refractivity contribution in [2.45, 2.75) is 65.2 Å². The molecule has 3 fully saturated rings. The number of nitrogens with zero attached hydrogens (tertiary/aromatic N) is 7. The Labute approximate surface area is 414 Å². The Morgan fingerprint density at radius 1 is 0.618 bits per heavy atom. The van der Waals surface area contributed by atoms with E-state index in [9.17, 15) is 14.4 Å². The number of ketones is 2. The van der Waals surface area contributed by atoms with Crippen molar-refractivity contribution in [1.29, 1.82) is 0 Å². The van der Waals surface area contributed by atoms with E-state index in [1.807, 2.05) is 69.1 Å². The molecule has 5 N–H and O–H groups in total. The standard InChI is InChI=1S/C29H36N6O2S.C23H26N4OS.ClH/c1-29(7-9-34(10-8-29)28(37)35-13-11-33(2)12-14-35)18-27-31-19-23(20-32-27)25(36)17-22-16-21(5-6-24(22)30)26-4-3-15-38-26;1-23(6-8-25-9-7-23)13-22-26-14-18(15-27-22)20(28)12-17-11-16(4-5-19(17)24)21-3-2-10-29-21;/h3-6,15-16,19-20H,7-14,17-18,30H2,1-2H3;2-5,10-11,14-15,25H,6-9,12-13,24H2,1H3;1H. The number of Topliss-reactive ketones (excluding diaryl/α,β-unsaturated/α-hetero) is 2. The van der Waals surface area contributed by atoms with Gasteiger partial charge in [0.15, 0.2) is 11.6 Å². The van der Waals surface area contributed by atoms with Crippen LogP contribution in [-0.4, -0.2) is 112 Å². The number of rotatable bonds is 12. The van der Waals surface area contributed by atoms with Gasteiger partial charge in [0, 0.05) is 111 Å². The fourth-order valence-electron chi connectivity index (χ4n) is 9.02. The molecule has 4 aromatic heterocycles. The van der Waals surface area contributed by atoms with Gasteiger partial charge in [-0.1, -0.05) is 38.1 Å². The highest BCUT2D eigenvalue weighted by atomic mass is 35.5. The molecule has 68 heavy (non-hydrogen) atoms. The molecule has 0 saturated carbocycles. The van der Waals surface area contributed by atoms with Gasteiger partial charge in [-0.3, -0.25) is 9.59 Å². The van der Waals surface area contributed by atoms with Gasteiger partial charge in [0.2, 0.25) is 0 Å². The Kier molecular flexibility index (Phi) is 16.8. The molecule has 0 radical (unpaired) electrons. The van der Waals surface area contributed by atoms with Crippen molar-refractivity contribution in [2.75, 3.05) is 70.9 Å². The van der Waals surface area contributed by atoms with Crippen molar-refractivity contribution in [3.8, 4) is 20.9 Å². The van der Waals surface area contributed by atoms with E-state index in [1.54, 1.807) is 47.5 Å². The molecule has 0 bridgehead atoms. The smallest absolute Gasteiger partial charge is 0.320 e. The number of thiophene rings is 2. The van der Waals surface area contributed by atoms with Crippen LogP contribution in [0, 0.1) is 10.8 Å². The van der Waals surface area contributed by atoms with Crippen LogP contribution >= 0.6 is 35.1 Å². The molecule has 6 aromatic rings. The van der Waals surface area contributed by atoms with Gasteiger partial charge < -0.3 is 31.5 Å². The summed E-state index contributed by atoms with van der Waals surface area (Å²) in [4.78, 5) is 65.3. The molecular formula is C52H63ClN10O3S2. The molecule has 3 aliphatic rings. The van der Waals surface area contributed by atoms with Gasteiger partial charge in [-0.15, -0.1) is 35.1 Å². The molecule has 7 heterocycles. The van der Waals surface area contributed by atoms with Gasteiger partial charge in [-0.25, -0.2) is 24.7 Å². The predicted molar refractivity (Wildman–Crippen MR) is 277 cm³/mol. The monoisotopic (exact) mass is 974 g/mol. The number of halogens is 1. The lowest BCUT2D eigenvalue weighted by Gasteiger charge is -2.42. The summed E-state index contributed by atoms with van der Waals surface area (Å²) in [6.45, 7) is 11.6. The topological polar surface area (TPSA) is 177 Å². The maximum absolute atomic E-state index is 13.0. The molecule has 9 rings (SSSR count). The van der Waals surface area contributed by atoms with Crippen molar-refractivity contribution < 1.29 is 14.4 Å². The number of benzene rings is 2. The number of nitrogen functional groups attached to an aromatic ring is 2. The second-order valence-electron chi connectivity index (χ2n) is 19.0. The Balaban J connectivity index is 0.000000205. The lowest BCUT2D eigenvalue weighted by molar-refractivity contribution is 0.0888. The molecule has 3 aliphatic heterocycles. The average Bonchev–Trinajstić information content (AvgIpc) is 4.08. The van der Waals surface area contributed by atoms with E-state index in [4.69, 9.17) is 11.5 Å². The Bertz CT molecular complexity index is 2600. The fourth-order valence-corrected chi connectivity index (χ4v) is 10.5. The summed E-state index contributed by atoms with van der Waals surface area (Å²) in [5.41, 5.74) is 18.6. The highest BCUT2D eigenvalue weighted by Crippen LogP contribution is 2.35. The van der Waals surface area contributed by atoms with Gasteiger partial charge >= 0.3 is 6.03 Å². The van der Waals surface area contributed by atoms with Crippen molar-refractivity contribution in [3.05, 3.63) is 130 Å². The third-order valence-corrected chi connectivity index (χ3v) is 15.5. The maximum atomic E-state index is 13.0. The summed E-state index contributed by atoms with van der Waals surface area (Å²) in [6.07, 6.45) is 12.7. The zero-order chi connectivity index (χ0) is 47.0. The number of carbonyl (C=O) groups excluding carboxylic acids is 3. The van der Waals surface area contributed by atoms with E-state index >= 15 is 0 Å². The largest absolute Gasteiger partial charge is 0.398 e. The van der Waals surface area contributed by atoms with Crippen LogP contribution in [0.2, 0.25) is 0 Å². The zero-order valence-electron chi connectivity index (χ0n) is 39.3. The van der Waals surface area contributed by atoms with Crippen LogP contribution in [-0.2, 0) is 25.7 Å². The number of aromatic nitrogens is 4. The van der Waals surface area contributed by atoms with Gasteiger partial charge in [-0.2, -0.15) is 0 Å². The number of nitrogens with two attached hydrogens (primary N) is 2. The minimum atomic E-state index is -0.0477. The van der Waals surface area contributed by atoms with Gasteiger partial charge in [0.1, 0.15) is 11.6 Å². The van der Waals surface area contributed by atoms with Crippen LogP contribution in [0.15, 0.2) is 96.2 Å². The minimum Gasteiger partial charge on any atom is -0.398 e. The number of amides is 2. The Hall–Kier alpha value is -5.58. The lowest BCUT2D eigenvalue weighted by atomic mass is 9.77. The first kappa shape index (κ1) is 50.3. The molecular weight excluding hydrogens is 912 g/mol. The normalized spacial score (nSPS) is 16.8. The number of piperidine rings is 2. The molecule has 13 nitrogen and oxygen atoms in total. The van der Waals surface area contributed by atoms with E-state index in [2.05, 4.69) is 63.2 Å². The quantitative estimate of drug-likeness (QED) is 0.0789. The summed E-state index contributed by atoms with van der Waals surface area (Å²) in [6, 6.07) is 20.0. The van der Waals surface area contributed by atoms with Crippen molar-refractivity contribution >= 4 is 64.1 Å². The van der Waals surface area contributed by atoms with E-state index in [0.29, 0.717) is 22.5 Å². The number of carbonyl (C=O) groups is 3. The Morgan fingerprint density at radius 3 is 1.47 bits per heavy atom. The molecule has 3 saturated heterocycles. The summed E-state index contributed by atoms with van der Waals surface area (Å²) < 4.78 is 0. The molecule has 358 valence electrons. The highest BCUT2D eigenvalue weighted by molar-refractivity contribution is 7.13. The van der Waals surface area contributed by atoms with E-state index in [0.717, 1.165) is 135 Å². The molecule has 0 spiro atoms. The van der Waals surface area contributed by atoms with E-state index < -0.39 is 0 Å². The number of likely N-dealkylation sites (N-methyl/N-ethyl adjacent to an activating group) is 1. The molecule has 16 heteroatoms. The number of nitrogens with one attached hydrogen (secondary N) is 1. The second-order valence-corrected chi connectivity index (χ2v) is 20.9. The van der Waals surface area contributed by atoms with Crippen molar-refractivity contribution in [2.24, 2.45) is 10.8 Å². The van der Waals surface area contributed by atoms with Crippen molar-refractivity contribution in [1.82, 2.24) is 40.0 Å². The molecule has 2 amide bonds. The van der Waals surface area contributed by atoms with E-state index in [1.165, 1.54) is 0 Å². The SMILES string of the molecule is CC1(Cc2ncc(C(=O)Cc3cc(-c4cccs4)ccc3N)cn2)CCNCC1.CN1CCN(C(=O)N2CCC(C)(Cc3ncc(C(=O)Cc4cc(-c5cccs5)ccc4N)cn3)CC2)CC1.Cl. The first-order valence-corrected chi connectivity index (χ1v) is 25.0. The van der Waals surface area contributed by atoms with Crippen LogP contribution in [0.5, 0.6) is 0 Å². The van der Waals surface area contributed by atoms with Crippen LogP contribution < -0.4 is 16.8 Å². The number of hydrogen-bond acceptors (Lipinski definition) is 13. The second kappa shape index (κ2) is 22.7. The van der Waals surface area contributed by atoms with Crippen LogP contribution in [0.3, 0.4) is 0 Å². The van der Waals surface area contributed by atoms with Gasteiger partial charge in [0.25, 0.3) is 0 Å². The summed E-state index contributed by atoms with van der Waals surface area (Å²) in [7, 11) is 2.10. The van der Waals surface area contributed by atoms with Gasteiger partial charge in [0.05, 0.1) is 11.1 Å². The number of piperazine rings is 1. The third-order valence-electron chi connectivity index (χ3n) is 13.6. The first-order valence-electron chi connectivity index (χ1n) is 23.3. The number of urea groups is 1. The number of likely N-dealkylation sites (tertiary alicyclic amines) is 1. The van der Waals surface area contributed by atoms with Crippen LogP contribution in [0.4, 0.5) is 16.2 Å². The number of anilines is 2. The summed E-state index contributed by atoms with van der Waals surface area (Å²) >= 11 is 3.33. The van der Waals surface area contributed by atoms with Crippen molar-refractivity contribution in [3.63, 3.8) is 0 Å². The zero-order valence-corrected chi connectivity index (χ0v) is 41.7. The summed E-state index contributed by atoms with van der Waals surface area (Å²) in [5, 5.41) is 7.47. The first-order chi connectivity index (χ1) is 32.3. The minimum absolute atomic E-state index is 0. The highest BCUT2D eigenvalue weighted by Gasteiger charge is 2.35. The van der Waals surface area contributed by atoms with Crippen LogP contribution in [0.1, 0.15) is 83.0 Å². The fraction of sp³-hybridized carbons (Fsp3) is 0.404. The molecule has 0 aliphatic carbocycles. The van der Waals surface area contributed by atoms with E-state index in [-0.39, 0.29) is 53.7 Å². The van der Waals surface area contributed by atoms with Crippen LogP contribution in [0.25, 0.3) is 20.9 Å². The number of hydrogen-bond donors (Lipinski definition) is 3. The van der Waals surface area contributed by atoms with Gasteiger partial charge in [-0.05, 0) is 126 Å². The third kappa shape index (κ3) is 12.9. The predicted octanol–water partition coefficient (Wildman–Crippen LogP) is 8.79. The lowest BCUT2D eigenvalue weighted by Crippen LogP contribution is -2.54. The average molecular weight is 976 g/mol. The molecule has 0 unspecified atom stereocenters. The Morgan fingerprint density at radius 2 is 1.04 bits per heavy atom. The summed E-state index contributed by atoms with van der Waals surface area (Å²) in [5.74, 6) is 1.49. The molecule has 2 aromatic carbocycles. The maximum Gasteiger partial charge on any atom is 0.320 e.